The van der Waals surface area contributed by atoms with Crippen LogP contribution in [-0.4, -0.2) is 76.8 Å². The summed E-state index contributed by atoms with van der Waals surface area (Å²) in [5, 5.41) is 27.3. The maximum Gasteiger partial charge on any atom is 0.327 e. The van der Waals surface area contributed by atoms with E-state index < -0.39 is 60.8 Å². The van der Waals surface area contributed by atoms with Gasteiger partial charge in [-0.3, -0.25) is 19.2 Å². The molecule has 0 bridgehead atoms. The first-order valence-corrected chi connectivity index (χ1v) is 8.54. The normalized spacial score (nSPS) is 18.4. The molecular formula is C14H22N4O7S. The molecule has 0 saturated carbocycles. The van der Waals surface area contributed by atoms with Crippen LogP contribution < -0.4 is 21.3 Å². The van der Waals surface area contributed by atoms with Gasteiger partial charge in [-0.25, -0.2) is 4.79 Å². The Labute approximate surface area is 154 Å². The Morgan fingerprint density at radius 1 is 1.12 bits per heavy atom. The van der Waals surface area contributed by atoms with Crippen molar-refractivity contribution in [2.45, 2.75) is 37.4 Å². The van der Waals surface area contributed by atoms with Crippen molar-refractivity contribution >= 4 is 42.3 Å². The molecule has 1 rings (SSSR count). The van der Waals surface area contributed by atoms with Gasteiger partial charge in [0.15, 0.2) is 0 Å². The molecule has 146 valence electrons. The van der Waals surface area contributed by atoms with Gasteiger partial charge in [0.05, 0.1) is 19.0 Å². The molecule has 0 aromatic rings. The Morgan fingerprint density at radius 3 is 2.31 bits per heavy atom. The van der Waals surface area contributed by atoms with E-state index in [-0.39, 0.29) is 5.75 Å². The summed E-state index contributed by atoms with van der Waals surface area (Å²) in [6.45, 7) is 0.0913. The molecule has 12 heteroatoms. The number of amides is 3. The van der Waals surface area contributed by atoms with Gasteiger partial charge in [0.1, 0.15) is 12.1 Å². The minimum atomic E-state index is -1.35. The second kappa shape index (κ2) is 10.6. The van der Waals surface area contributed by atoms with Crippen LogP contribution in [0, 0.1) is 0 Å². The van der Waals surface area contributed by atoms with Crippen molar-refractivity contribution in [1.29, 1.82) is 0 Å². The predicted octanol–water partition coefficient (Wildman–Crippen LogP) is -2.69. The first-order chi connectivity index (χ1) is 12.2. The Hall–Kier alpha value is -2.34. The maximum absolute atomic E-state index is 12.1. The summed E-state index contributed by atoms with van der Waals surface area (Å²) in [4.78, 5) is 57.5. The van der Waals surface area contributed by atoms with Gasteiger partial charge < -0.3 is 31.5 Å². The first-order valence-electron chi connectivity index (χ1n) is 7.91. The highest BCUT2D eigenvalue weighted by molar-refractivity contribution is 7.80. The zero-order chi connectivity index (χ0) is 19.7. The van der Waals surface area contributed by atoms with Crippen molar-refractivity contribution in [2.24, 2.45) is 0 Å². The quantitative estimate of drug-likeness (QED) is 0.197. The highest BCUT2D eigenvalue weighted by Gasteiger charge is 2.29. The molecule has 1 aliphatic rings. The van der Waals surface area contributed by atoms with E-state index in [0.717, 1.165) is 6.42 Å². The number of carbonyl (C=O) groups is 5. The van der Waals surface area contributed by atoms with E-state index in [0.29, 0.717) is 13.0 Å². The second-order valence-corrected chi connectivity index (χ2v) is 6.03. The molecule has 3 unspecified atom stereocenters. The maximum atomic E-state index is 12.1. The molecule has 1 heterocycles. The molecule has 26 heavy (non-hydrogen) atoms. The molecular weight excluding hydrogens is 368 g/mol. The van der Waals surface area contributed by atoms with Crippen molar-refractivity contribution in [3.63, 3.8) is 0 Å². The van der Waals surface area contributed by atoms with Crippen LogP contribution in [0.2, 0.25) is 0 Å². The van der Waals surface area contributed by atoms with E-state index in [1.54, 1.807) is 0 Å². The molecule has 3 amide bonds. The fourth-order valence-corrected chi connectivity index (χ4v) is 2.53. The number of aliphatic carboxylic acids is 2. The third-order valence-electron chi connectivity index (χ3n) is 3.63. The lowest BCUT2D eigenvalue weighted by atomic mass is 10.1. The fourth-order valence-electron chi connectivity index (χ4n) is 2.29. The molecule has 1 saturated heterocycles. The average Bonchev–Trinajstić information content (AvgIpc) is 3.10. The number of hydrogen-bond donors (Lipinski definition) is 7. The molecule has 1 aliphatic heterocycles. The van der Waals surface area contributed by atoms with Gasteiger partial charge in [0.25, 0.3) is 0 Å². The Balaban J connectivity index is 2.56. The topological polar surface area (TPSA) is 174 Å². The summed E-state index contributed by atoms with van der Waals surface area (Å²) < 4.78 is 0. The minimum absolute atomic E-state index is 0.138. The van der Waals surface area contributed by atoms with Crippen LogP contribution in [0.15, 0.2) is 0 Å². The lowest BCUT2D eigenvalue weighted by Crippen LogP contribution is -2.54. The van der Waals surface area contributed by atoms with E-state index >= 15 is 0 Å². The van der Waals surface area contributed by atoms with Crippen LogP contribution >= 0.6 is 12.6 Å². The van der Waals surface area contributed by atoms with Crippen molar-refractivity contribution in [2.75, 3.05) is 18.8 Å². The summed E-state index contributed by atoms with van der Waals surface area (Å²) in [7, 11) is 0. The molecule has 11 nitrogen and oxygen atoms in total. The van der Waals surface area contributed by atoms with Crippen LogP contribution in [-0.2, 0) is 24.0 Å². The molecule has 3 atom stereocenters. The average molecular weight is 390 g/mol. The number of carbonyl (C=O) groups excluding carboxylic acids is 3. The zero-order valence-corrected chi connectivity index (χ0v) is 14.8. The van der Waals surface area contributed by atoms with Crippen molar-refractivity contribution in [3.8, 4) is 0 Å². The predicted molar refractivity (Wildman–Crippen MR) is 91.6 cm³/mol. The second-order valence-electron chi connectivity index (χ2n) is 5.67. The van der Waals surface area contributed by atoms with Crippen LogP contribution in [0.5, 0.6) is 0 Å². The van der Waals surface area contributed by atoms with E-state index in [1.807, 2.05) is 0 Å². The highest BCUT2D eigenvalue weighted by atomic mass is 32.1. The molecule has 0 spiro atoms. The largest absolute Gasteiger partial charge is 0.481 e. The number of rotatable bonds is 10. The lowest BCUT2D eigenvalue weighted by molar-refractivity contribution is -0.142. The number of carboxylic acids is 2. The first kappa shape index (κ1) is 21.7. The molecule has 0 aromatic carbocycles. The van der Waals surface area contributed by atoms with Gasteiger partial charge in [-0.15, -0.1) is 0 Å². The van der Waals surface area contributed by atoms with Crippen LogP contribution in [0.4, 0.5) is 0 Å². The van der Waals surface area contributed by atoms with Crippen LogP contribution in [0.25, 0.3) is 0 Å². The molecule has 1 fully saturated rings. The van der Waals surface area contributed by atoms with Crippen LogP contribution in [0.3, 0.4) is 0 Å². The van der Waals surface area contributed by atoms with E-state index in [1.165, 1.54) is 0 Å². The fraction of sp³-hybridized carbons (Fsp3) is 0.643. The van der Waals surface area contributed by atoms with E-state index in [4.69, 9.17) is 10.2 Å². The summed E-state index contributed by atoms with van der Waals surface area (Å²) >= 11 is 3.79. The monoisotopic (exact) mass is 390 g/mol. The standard InChI is InChI=1S/C14H22N4O7S/c19-10(17-9(6-26)14(24)25)5-16-12(22)8(4-11(20)21)18-13(23)7-2-1-3-15-7/h7-9,15,26H,1-6H2,(H,16,22)(H,17,19)(H,18,23)(H,20,21)(H,24,25). The summed E-state index contributed by atoms with van der Waals surface area (Å²) in [6.07, 6.45) is 0.722. The van der Waals surface area contributed by atoms with Gasteiger partial charge in [0, 0.05) is 5.75 Å². The van der Waals surface area contributed by atoms with Crippen molar-refractivity contribution in [1.82, 2.24) is 21.3 Å². The summed E-state index contributed by atoms with van der Waals surface area (Å²) in [6, 6.07) is -3.06. The zero-order valence-electron chi connectivity index (χ0n) is 13.9. The SMILES string of the molecule is O=C(O)CC(NC(=O)C1CCCN1)C(=O)NCC(=O)NC(CS)C(=O)O. The Kier molecular flexibility index (Phi) is 8.85. The van der Waals surface area contributed by atoms with Crippen molar-refractivity contribution in [3.05, 3.63) is 0 Å². The smallest absolute Gasteiger partial charge is 0.327 e. The Morgan fingerprint density at radius 2 is 1.81 bits per heavy atom. The molecule has 6 N–H and O–H groups in total. The molecule has 0 aliphatic carbocycles. The summed E-state index contributed by atoms with van der Waals surface area (Å²) in [5.74, 6) is -4.84. The van der Waals surface area contributed by atoms with Gasteiger partial charge in [-0.2, -0.15) is 12.6 Å². The van der Waals surface area contributed by atoms with Crippen molar-refractivity contribution < 1.29 is 34.2 Å². The number of carboxylic acid groups (broad SMARTS) is 2. The Bertz CT molecular complexity index is 565. The number of nitrogens with one attached hydrogen (secondary N) is 4. The molecule has 0 aromatic heterocycles. The summed E-state index contributed by atoms with van der Waals surface area (Å²) in [5.41, 5.74) is 0. The van der Waals surface area contributed by atoms with Gasteiger partial charge in [-0.05, 0) is 19.4 Å². The number of hydrogen-bond acceptors (Lipinski definition) is 7. The van der Waals surface area contributed by atoms with E-state index in [2.05, 4.69) is 33.9 Å². The lowest BCUT2D eigenvalue weighted by Gasteiger charge is -2.19. The minimum Gasteiger partial charge on any atom is -0.481 e. The van der Waals surface area contributed by atoms with E-state index in [9.17, 15) is 24.0 Å². The third-order valence-corrected chi connectivity index (χ3v) is 3.99. The molecule has 0 radical (unpaired) electrons. The third kappa shape index (κ3) is 7.27. The van der Waals surface area contributed by atoms with Crippen LogP contribution in [0.1, 0.15) is 19.3 Å². The van der Waals surface area contributed by atoms with Gasteiger partial charge in [-0.1, -0.05) is 0 Å². The highest BCUT2D eigenvalue weighted by Crippen LogP contribution is 2.05. The number of thiol groups is 1. The van der Waals surface area contributed by atoms with Gasteiger partial charge >= 0.3 is 11.9 Å². The van der Waals surface area contributed by atoms with Gasteiger partial charge in [0.2, 0.25) is 17.7 Å².